The van der Waals surface area contributed by atoms with Crippen LogP contribution in [0, 0.1) is 0 Å². The summed E-state index contributed by atoms with van der Waals surface area (Å²) >= 11 is 0. The predicted molar refractivity (Wildman–Crippen MR) is 69.5 cm³/mol. The number of carboxylic acids is 1. The van der Waals surface area contributed by atoms with Crippen LogP contribution in [0.1, 0.15) is 35.9 Å². The molecule has 0 amide bonds. The SMILES string of the molecule is COc1ccc(C(C)C)cc1-c1ncoc1C(=O)O. The highest BCUT2D eigenvalue weighted by atomic mass is 16.5. The van der Waals surface area contributed by atoms with Gasteiger partial charge in [-0.1, -0.05) is 19.9 Å². The van der Waals surface area contributed by atoms with Gasteiger partial charge in [-0.3, -0.25) is 0 Å². The summed E-state index contributed by atoms with van der Waals surface area (Å²) < 4.78 is 10.2. The van der Waals surface area contributed by atoms with E-state index in [1.54, 1.807) is 0 Å². The lowest BCUT2D eigenvalue weighted by Gasteiger charge is -2.11. The molecule has 100 valence electrons. The number of carboxylic acid groups (broad SMARTS) is 1. The van der Waals surface area contributed by atoms with Gasteiger partial charge in [0.15, 0.2) is 6.39 Å². The van der Waals surface area contributed by atoms with Crippen molar-refractivity contribution in [3.05, 3.63) is 35.9 Å². The number of ether oxygens (including phenoxy) is 1. The molecule has 1 heterocycles. The molecule has 0 saturated heterocycles. The largest absolute Gasteiger partial charge is 0.496 e. The summed E-state index contributed by atoms with van der Waals surface area (Å²) in [5, 5.41) is 9.08. The Morgan fingerprint density at radius 2 is 2.16 bits per heavy atom. The van der Waals surface area contributed by atoms with Crippen molar-refractivity contribution < 1.29 is 19.1 Å². The van der Waals surface area contributed by atoms with E-state index in [1.807, 2.05) is 18.2 Å². The van der Waals surface area contributed by atoms with E-state index in [9.17, 15) is 4.79 Å². The molecule has 0 bridgehead atoms. The molecule has 2 aromatic rings. The lowest BCUT2D eigenvalue weighted by molar-refractivity contribution is 0.0663. The Labute approximate surface area is 110 Å². The molecule has 19 heavy (non-hydrogen) atoms. The lowest BCUT2D eigenvalue weighted by Crippen LogP contribution is -1.99. The van der Waals surface area contributed by atoms with Crippen LogP contribution in [0.2, 0.25) is 0 Å². The van der Waals surface area contributed by atoms with Gasteiger partial charge in [0.1, 0.15) is 11.4 Å². The molecule has 0 spiro atoms. The van der Waals surface area contributed by atoms with Crippen molar-refractivity contribution in [1.82, 2.24) is 4.98 Å². The van der Waals surface area contributed by atoms with Gasteiger partial charge in [0.05, 0.1) is 7.11 Å². The molecule has 0 unspecified atom stereocenters. The summed E-state index contributed by atoms with van der Waals surface area (Å²) in [4.78, 5) is 15.1. The highest BCUT2D eigenvalue weighted by Crippen LogP contribution is 2.34. The first-order valence-electron chi connectivity index (χ1n) is 5.89. The van der Waals surface area contributed by atoms with E-state index in [0.717, 1.165) is 12.0 Å². The molecule has 0 atom stereocenters. The van der Waals surface area contributed by atoms with E-state index in [4.69, 9.17) is 14.3 Å². The number of benzene rings is 1. The minimum atomic E-state index is -1.15. The van der Waals surface area contributed by atoms with Crippen LogP contribution in [-0.2, 0) is 0 Å². The van der Waals surface area contributed by atoms with Gasteiger partial charge in [0.2, 0.25) is 5.76 Å². The Kier molecular flexibility index (Phi) is 3.55. The van der Waals surface area contributed by atoms with Crippen LogP contribution >= 0.6 is 0 Å². The molecule has 2 rings (SSSR count). The van der Waals surface area contributed by atoms with E-state index in [1.165, 1.54) is 7.11 Å². The normalized spacial score (nSPS) is 10.7. The third-order valence-corrected chi connectivity index (χ3v) is 2.91. The first-order valence-corrected chi connectivity index (χ1v) is 5.89. The molecule has 1 aromatic heterocycles. The van der Waals surface area contributed by atoms with Crippen molar-refractivity contribution in [2.45, 2.75) is 19.8 Å². The number of aromatic nitrogens is 1. The number of rotatable bonds is 4. The van der Waals surface area contributed by atoms with Crippen molar-refractivity contribution in [2.75, 3.05) is 7.11 Å². The standard InChI is InChI=1S/C14H15NO4/c1-8(2)9-4-5-11(18-3)10(6-9)12-13(14(16)17)19-7-15-12/h4-8H,1-3H3,(H,16,17). The highest BCUT2D eigenvalue weighted by molar-refractivity contribution is 5.92. The second kappa shape index (κ2) is 5.14. The molecule has 0 aliphatic rings. The molecule has 0 aliphatic carbocycles. The zero-order valence-electron chi connectivity index (χ0n) is 11.0. The summed E-state index contributed by atoms with van der Waals surface area (Å²) in [6.45, 7) is 4.12. The van der Waals surface area contributed by atoms with E-state index < -0.39 is 5.97 Å². The molecule has 5 heteroatoms. The van der Waals surface area contributed by atoms with Crippen molar-refractivity contribution in [3.8, 4) is 17.0 Å². The minimum absolute atomic E-state index is 0.181. The van der Waals surface area contributed by atoms with Crippen LogP contribution in [0.4, 0.5) is 0 Å². The van der Waals surface area contributed by atoms with Gasteiger partial charge in [-0.2, -0.15) is 0 Å². The number of aromatic carboxylic acids is 1. The van der Waals surface area contributed by atoms with Crippen molar-refractivity contribution in [2.24, 2.45) is 0 Å². The fraction of sp³-hybridized carbons (Fsp3) is 0.286. The molecule has 0 aliphatic heterocycles. The van der Waals surface area contributed by atoms with Crippen LogP contribution in [0.15, 0.2) is 29.0 Å². The van der Waals surface area contributed by atoms with Gasteiger partial charge in [-0.25, -0.2) is 9.78 Å². The topological polar surface area (TPSA) is 72.6 Å². The van der Waals surface area contributed by atoms with Gasteiger partial charge < -0.3 is 14.3 Å². The predicted octanol–water partition coefficient (Wildman–Crippen LogP) is 3.17. The van der Waals surface area contributed by atoms with Gasteiger partial charge in [0.25, 0.3) is 0 Å². The number of methoxy groups -OCH3 is 1. The molecular formula is C14H15NO4. The Hall–Kier alpha value is -2.30. The summed E-state index contributed by atoms with van der Waals surface area (Å²) in [6.07, 6.45) is 1.13. The van der Waals surface area contributed by atoms with Gasteiger partial charge in [-0.05, 0) is 23.6 Å². The molecule has 0 fully saturated rings. The summed E-state index contributed by atoms with van der Waals surface area (Å²) in [7, 11) is 1.54. The molecular weight excluding hydrogens is 246 g/mol. The summed E-state index contributed by atoms with van der Waals surface area (Å²) in [6, 6.07) is 5.65. The third kappa shape index (κ3) is 2.45. The maximum atomic E-state index is 11.1. The van der Waals surface area contributed by atoms with Crippen LogP contribution in [0.3, 0.4) is 0 Å². The van der Waals surface area contributed by atoms with Crippen LogP contribution < -0.4 is 4.74 Å². The van der Waals surface area contributed by atoms with Crippen LogP contribution in [0.5, 0.6) is 5.75 Å². The second-order valence-electron chi connectivity index (χ2n) is 4.45. The van der Waals surface area contributed by atoms with E-state index in [-0.39, 0.29) is 11.5 Å². The van der Waals surface area contributed by atoms with Crippen molar-refractivity contribution >= 4 is 5.97 Å². The Bertz CT molecular complexity index is 601. The first kappa shape index (κ1) is 13.1. The number of hydrogen-bond acceptors (Lipinski definition) is 4. The maximum absolute atomic E-state index is 11.1. The quantitative estimate of drug-likeness (QED) is 0.915. The minimum Gasteiger partial charge on any atom is -0.496 e. The van der Waals surface area contributed by atoms with Crippen LogP contribution in [0.25, 0.3) is 11.3 Å². The van der Waals surface area contributed by atoms with Gasteiger partial charge >= 0.3 is 5.97 Å². The molecule has 1 N–H and O–H groups in total. The van der Waals surface area contributed by atoms with Gasteiger partial charge in [0, 0.05) is 5.56 Å². The molecule has 1 aromatic carbocycles. The number of oxazole rings is 1. The van der Waals surface area contributed by atoms with Crippen molar-refractivity contribution in [3.63, 3.8) is 0 Å². The number of carbonyl (C=O) groups is 1. The summed E-state index contributed by atoms with van der Waals surface area (Å²) in [5.41, 5.74) is 1.99. The average Bonchev–Trinajstić information content (AvgIpc) is 2.87. The zero-order chi connectivity index (χ0) is 14.0. The van der Waals surface area contributed by atoms with Crippen molar-refractivity contribution in [1.29, 1.82) is 0 Å². The Morgan fingerprint density at radius 3 is 2.74 bits per heavy atom. The van der Waals surface area contributed by atoms with Crippen LogP contribution in [-0.4, -0.2) is 23.2 Å². The molecule has 0 radical (unpaired) electrons. The van der Waals surface area contributed by atoms with Gasteiger partial charge in [-0.15, -0.1) is 0 Å². The maximum Gasteiger partial charge on any atom is 0.374 e. The first-order chi connectivity index (χ1) is 9.04. The van der Waals surface area contributed by atoms with E-state index >= 15 is 0 Å². The Balaban J connectivity index is 2.62. The Morgan fingerprint density at radius 1 is 1.42 bits per heavy atom. The van der Waals surface area contributed by atoms with E-state index in [0.29, 0.717) is 17.2 Å². The number of hydrogen-bond donors (Lipinski definition) is 1. The second-order valence-corrected chi connectivity index (χ2v) is 4.45. The lowest BCUT2D eigenvalue weighted by atomic mass is 9.98. The third-order valence-electron chi connectivity index (χ3n) is 2.91. The molecule has 5 nitrogen and oxygen atoms in total. The number of nitrogens with zero attached hydrogens (tertiary/aromatic N) is 1. The summed E-state index contributed by atoms with van der Waals surface area (Å²) in [5.74, 6) is -0.436. The monoisotopic (exact) mass is 261 g/mol. The highest BCUT2D eigenvalue weighted by Gasteiger charge is 2.21. The average molecular weight is 261 g/mol. The smallest absolute Gasteiger partial charge is 0.374 e. The fourth-order valence-electron chi connectivity index (χ4n) is 1.86. The zero-order valence-corrected chi connectivity index (χ0v) is 11.0. The fourth-order valence-corrected chi connectivity index (χ4v) is 1.86. The molecule has 0 saturated carbocycles. The van der Waals surface area contributed by atoms with E-state index in [2.05, 4.69) is 18.8 Å².